The van der Waals surface area contributed by atoms with Crippen LogP contribution in [0.1, 0.15) is 54.4 Å². The van der Waals surface area contributed by atoms with Gasteiger partial charge in [-0.15, -0.1) is 0 Å². The second kappa shape index (κ2) is 15.3. The number of carbonyl (C=O) groups is 4. The molecule has 3 aromatic carbocycles. The second-order valence-electron chi connectivity index (χ2n) is 13.1. The molecule has 5 rings (SSSR count). The highest BCUT2D eigenvalue weighted by atomic mass is 16.6. The predicted octanol–water partition coefficient (Wildman–Crippen LogP) is 3.46. The van der Waals surface area contributed by atoms with Crippen LogP contribution in [0.5, 0.6) is 0 Å². The van der Waals surface area contributed by atoms with Gasteiger partial charge in [-0.1, -0.05) is 78.9 Å². The molecule has 0 bridgehead atoms. The van der Waals surface area contributed by atoms with Gasteiger partial charge in [-0.3, -0.25) is 14.4 Å². The minimum absolute atomic E-state index is 0.0424. The summed E-state index contributed by atoms with van der Waals surface area (Å²) in [5.74, 6) is -2.17. The number of hydrogen-bond donors (Lipinski definition) is 4. The van der Waals surface area contributed by atoms with E-state index in [-0.39, 0.29) is 25.2 Å². The van der Waals surface area contributed by atoms with Gasteiger partial charge in [0.2, 0.25) is 11.8 Å². The monoisotopic (exact) mass is 666 g/mol. The summed E-state index contributed by atoms with van der Waals surface area (Å²) in [6, 6.07) is 25.3. The zero-order valence-corrected chi connectivity index (χ0v) is 27.8. The van der Waals surface area contributed by atoms with Crippen molar-refractivity contribution in [3.05, 3.63) is 113 Å². The molecule has 0 saturated carbocycles. The van der Waals surface area contributed by atoms with Gasteiger partial charge in [0.05, 0.1) is 30.6 Å². The zero-order chi connectivity index (χ0) is 35.1. The highest BCUT2D eigenvalue weighted by Crippen LogP contribution is 2.25. The number of nitrogens with two attached hydrogens (primary N) is 1. The number of nitrogens with zero attached hydrogens (tertiary/aromatic N) is 3. The van der Waals surface area contributed by atoms with Crippen LogP contribution in [0.2, 0.25) is 0 Å². The number of aliphatic hydroxyl groups is 1. The first-order chi connectivity index (χ1) is 23.4. The number of para-hydroxylation sites is 1. The first-order valence-electron chi connectivity index (χ1n) is 16.2. The first kappa shape index (κ1) is 35.0. The van der Waals surface area contributed by atoms with E-state index in [9.17, 15) is 24.3 Å². The van der Waals surface area contributed by atoms with Crippen molar-refractivity contribution in [2.24, 2.45) is 5.73 Å². The van der Waals surface area contributed by atoms with Gasteiger partial charge in [0.25, 0.3) is 5.91 Å². The normalized spacial score (nSPS) is 15.1. The number of rotatable bonds is 11. The van der Waals surface area contributed by atoms with Crippen LogP contribution >= 0.6 is 0 Å². The molecule has 0 saturated heterocycles. The van der Waals surface area contributed by atoms with Gasteiger partial charge in [0.15, 0.2) is 0 Å². The van der Waals surface area contributed by atoms with Crippen LogP contribution < -0.4 is 16.4 Å². The summed E-state index contributed by atoms with van der Waals surface area (Å²) >= 11 is 0. The number of hydrogen-bond acceptors (Lipinski definition) is 8. The summed E-state index contributed by atoms with van der Waals surface area (Å²) in [4.78, 5) is 56.8. The van der Waals surface area contributed by atoms with E-state index in [2.05, 4.69) is 15.6 Å². The molecule has 4 amide bonds. The molecule has 0 spiro atoms. The molecule has 1 aromatic heterocycles. The van der Waals surface area contributed by atoms with E-state index >= 15 is 0 Å². The zero-order valence-electron chi connectivity index (χ0n) is 27.8. The molecule has 1 aliphatic rings. The number of primary amides is 1. The lowest BCUT2D eigenvalue weighted by molar-refractivity contribution is -0.128. The summed E-state index contributed by atoms with van der Waals surface area (Å²) in [5.41, 5.74) is 8.18. The van der Waals surface area contributed by atoms with E-state index in [1.807, 2.05) is 66.7 Å². The van der Waals surface area contributed by atoms with Crippen molar-refractivity contribution in [2.75, 3.05) is 6.54 Å². The second-order valence-corrected chi connectivity index (χ2v) is 13.1. The van der Waals surface area contributed by atoms with Gasteiger partial charge in [-0.2, -0.15) is 0 Å². The van der Waals surface area contributed by atoms with Crippen molar-refractivity contribution in [2.45, 2.75) is 70.5 Å². The number of hydrazine groups is 1. The van der Waals surface area contributed by atoms with Gasteiger partial charge < -0.3 is 26.2 Å². The molecule has 0 aliphatic carbocycles. The summed E-state index contributed by atoms with van der Waals surface area (Å²) in [6.45, 7) is 5.86. The fourth-order valence-electron chi connectivity index (χ4n) is 5.68. The number of aliphatic hydroxyl groups excluding tert-OH is 1. The van der Waals surface area contributed by atoms with Gasteiger partial charge in [0.1, 0.15) is 17.3 Å². The van der Waals surface area contributed by atoms with Crippen molar-refractivity contribution in [3.8, 4) is 0 Å². The lowest BCUT2D eigenvalue weighted by Gasteiger charge is -2.41. The highest BCUT2D eigenvalue weighted by Gasteiger charge is 2.35. The van der Waals surface area contributed by atoms with Crippen molar-refractivity contribution < 1.29 is 29.0 Å². The third-order valence-electron chi connectivity index (χ3n) is 8.08. The number of benzene rings is 3. The third kappa shape index (κ3) is 9.40. The van der Waals surface area contributed by atoms with Crippen LogP contribution in [0.4, 0.5) is 4.79 Å². The Morgan fingerprint density at radius 3 is 2.22 bits per heavy atom. The molecule has 0 fully saturated rings. The van der Waals surface area contributed by atoms with Crippen LogP contribution in [0.15, 0.2) is 91.0 Å². The maximum atomic E-state index is 13.8. The number of carbonyl (C=O) groups excluding carboxylic acids is 4. The van der Waals surface area contributed by atoms with E-state index in [1.165, 1.54) is 11.1 Å². The molecule has 2 heterocycles. The van der Waals surface area contributed by atoms with Crippen LogP contribution in [-0.2, 0) is 33.8 Å². The molecule has 4 aromatic rings. The number of pyridine rings is 1. The number of aromatic nitrogens is 1. The topological polar surface area (TPSA) is 167 Å². The number of β-amino-alcohol motifs (C(OH)–C–C–N with tert-alkyl or cyclic N) is 1. The summed E-state index contributed by atoms with van der Waals surface area (Å²) in [7, 11) is 0. The number of fused-ring (bicyclic) bond motifs is 2. The minimum atomic E-state index is -1.34. The molecule has 256 valence electrons. The highest BCUT2D eigenvalue weighted by molar-refractivity contribution is 5.99. The quantitative estimate of drug-likeness (QED) is 0.189. The summed E-state index contributed by atoms with van der Waals surface area (Å²) < 4.78 is 5.70. The summed E-state index contributed by atoms with van der Waals surface area (Å²) in [5, 5.41) is 21.2. The largest absolute Gasteiger partial charge is 0.443 e. The Morgan fingerprint density at radius 2 is 1.53 bits per heavy atom. The molecule has 5 N–H and O–H groups in total. The van der Waals surface area contributed by atoms with Gasteiger partial charge in [-0.25, -0.2) is 19.8 Å². The van der Waals surface area contributed by atoms with Crippen molar-refractivity contribution in [3.63, 3.8) is 0 Å². The van der Waals surface area contributed by atoms with Crippen LogP contribution in [-0.4, -0.2) is 74.3 Å². The Kier molecular flexibility index (Phi) is 10.9. The van der Waals surface area contributed by atoms with E-state index in [4.69, 9.17) is 10.5 Å². The van der Waals surface area contributed by atoms with Crippen molar-refractivity contribution >= 4 is 34.7 Å². The molecule has 1 unspecified atom stereocenters. The molecule has 3 atom stereocenters. The van der Waals surface area contributed by atoms with E-state index in [0.717, 1.165) is 22.1 Å². The van der Waals surface area contributed by atoms with Crippen LogP contribution in [0.25, 0.3) is 10.9 Å². The van der Waals surface area contributed by atoms with Gasteiger partial charge >= 0.3 is 6.09 Å². The first-order valence-corrected chi connectivity index (χ1v) is 16.2. The van der Waals surface area contributed by atoms with Gasteiger partial charge in [0, 0.05) is 18.5 Å². The maximum Gasteiger partial charge on any atom is 0.425 e. The van der Waals surface area contributed by atoms with E-state index in [1.54, 1.807) is 44.0 Å². The Hall–Kier alpha value is -5.33. The Bertz CT molecular complexity index is 1810. The van der Waals surface area contributed by atoms with Crippen LogP contribution in [0, 0.1) is 0 Å². The predicted molar refractivity (Wildman–Crippen MR) is 184 cm³/mol. The Morgan fingerprint density at radius 1 is 0.878 bits per heavy atom. The average Bonchev–Trinajstić information content (AvgIpc) is 3.06. The molecule has 12 heteroatoms. The standard InChI is InChI=1S/C37H42N6O6/c1-37(2,3)49-36(48)43-22-27-15-8-7-14-26(27)21-42(43)23-32(44)30(19-24-11-5-4-6-12-24)40-35(47)31(20-33(38)45)41-34(46)29-18-17-25-13-9-10-16-28(25)39-29/h4-18,30-32,44H,19-23H2,1-3H3,(H2,38,45)(H,40,47)(H,41,46)/t30-,31+,32?/m0/s1. The molecular weight excluding hydrogens is 624 g/mol. The van der Waals surface area contributed by atoms with E-state index in [0.29, 0.717) is 12.1 Å². The number of ether oxygens (including phenoxy) is 1. The lowest BCUT2D eigenvalue weighted by atomic mass is 9.99. The molecule has 1 aliphatic heterocycles. The fourth-order valence-corrected chi connectivity index (χ4v) is 5.68. The van der Waals surface area contributed by atoms with Crippen molar-refractivity contribution in [1.29, 1.82) is 0 Å². The molecule has 49 heavy (non-hydrogen) atoms. The fraction of sp³-hybridized carbons (Fsp3) is 0.324. The Labute approximate surface area is 285 Å². The molecule has 0 radical (unpaired) electrons. The van der Waals surface area contributed by atoms with E-state index < -0.39 is 54.0 Å². The smallest absolute Gasteiger partial charge is 0.425 e. The maximum absolute atomic E-state index is 13.8. The SMILES string of the molecule is CC(C)(C)OC(=O)N1Cc2ccccc2CN1CC(O)[C@H](Cc1ccccc1)NC(=O)[C@@H](CC(N)=O)NC(=O)c1ccc2ccccc2n1. The molecular formula is C37H42N6O6. The number of amides is 4. The third-order valence-corrected chi connectivity index (χ3v) is 8.08. The lowest BCUT2D eigenvalue weighted by Crippen LogP contribution is -2.58. The Balaban J connectivity index is 1.37. The molecule has 12 nitrogen and oxygen atoms in total. The minimum Gasteiger partial charge on any atom is -0.443 e. The number of nitrogens with one attached hydrogen (secondary N) is 2. The average molecular weight is 667 g/mol. The van der Waals surface area contributed by atoms with Crippen LogP contribution in [0.3, 0.4) is 0 Å². The van der Waals surface area contributed by atoms with Crippen molar-refractivity contribution in [1.82, 2.24) is 25.6 Å². The summed E-state index contributed by atoms with van der Waals surface area (Å²) in [6.07, 6.45) is -2.03. The van der Waals surface area contributed by atoms with Gasteiger partial charge in [-0.05, 0) is 56.0 Å².